The summed E-state index contributed by atoms with van der Waals surface area (Å²) in [6, 6.07) is 6.15. The van der Waals surface area contributed by atoms with E-state index in [-0.39, 0.29) is 6.04 Å². The molecule has 1 aromatic rings. The van der Waals surface area contributed by atoms with Crippen LogP contribution in [0.3, 0.4) is 0 Å². The van der Waals surface area contributed by atoms with Gasteiger partial charge in [-0.1, -0.05) is 0 Å². The van der Waals surface area contributed by atoms with Crippen molar-refractivity contribution in [2.45, 2.75) is 31.5 Å². The Morgan fingerprint density at radius 1 is 1.29 bits per heavy atom. The molecule has 3 fully saturated rings. The number of methoxy groups -OCH3 is 2. The molecule has 1 aliphatic carbocycles. The molecule has 0 aromatic heterocycles. The molecule has 1 aromatic carbocycles. The van der Waals surface area contributed by atoms with Crippen LogP contribution in [0, 0.1) is 11.8 Å². The second kappa shape index (κ2) is 10.5. The van der Waals surface area contributed by atoms with Gasteiger partial charge in [-0.05, 0) is 0 Å². The molecular weight excluding hydrogens is 537 g/mol. The minimum absolute atomic E-state index is 0.0339. The first-order valence-electron chi connectivity index (χ1n) is 11.6. The van der Waals surface area contributed by atoms with Gasteiger partial charge in [0.1, 0.15) is 0 Å². The molecule has 2 bridgehead atoms. The Bertz CT molecular complexity index is 1090. The summed E-state index contributed by atoms with van der Waals surface area (Å²) in [5.41, 5.74) is 2.81. The normalized spacial score (nSPS) is 30.5. The first-order chi connectivity index (χ1) is 16.4. The van der Waals surface area contributed by atoms with Crippen LogP contribution in [-0.4, -0.2) is 53.5 Å². The van der Waals surface area contributed by atoms with Gasteiger partial charge in [-0.3, -0.25) is 0 Å². The molecule has 3 unspecified atom stereocenters. The molecule has 0 radical (unpaired) electrons. The van der Waals surface area contributed by atoms with Crippen molar-refractivity contribution in [3.8, 4) is 5.75 Å². The van der Waals surface area contributed by atoms with Gasteiger partial charge < -0.3 is 0 Å². The number of aliphatic hydroxyl groups is 1. The Labute approximate surface area is 219 Å². The van der Waals surface area contributed by atoms with Crippen molar-refractivity contribution in [3.05, 3.63) is 88.7 Å². The van der Waals surface area contributed by atoms with E-state index in [0.29, 0.717) is 11.8 Å². The fourth-order valence-electron chi connectivity index (χ4n) is 5.95. The molecule has 6 heteroatoms. The average Bonchev–Trinajstić information content (AvgIpc) is 2.86. The van der Waals surface area contributed by atoms with Crippen molar-refractivity contribution in [2.24, 2.45) is 11.8 Å². The van der Waals surface area contributed by atoms with E-state index in [1.165, 1.54) is 5.56 Å². The van der Waals surface area contributed by atoms with Crippen molar-refractivity contribution in [1.29, 1.82) is 0 Å². The number of rotatable bonds is 8. The third-order valence-corrected chi connectivity index (χ3v) is 8.98. The molecule has 5 rings (SSSR count). The number of piperidine rings is 3. The van der Waals surface area contributed by atoms with Gasteiger partial charge >= 0.3 is 220 Å². The minimum atomic E-state index is -0.684. The molecule has 0 saturated carbocycles. The summed E-state index contributed by atoms with van der Waals surface area (Å²) >= 11 is 9.03. The van der Waals surface area contributed by atoms with Gasteiger partial charge in [0.2, 0.25) is 0 Å². The zero-order valence-corrected chi connectivity index (χ0v) is 22.4. The van der Waals surface area contributed by atoms with Crippen LogP contribution in [-0.2, 0) is 26.3 Å². The fraction of sp³-hybridized carbons (Fsp3) is 0.393. The second-order valence-corrected chi connectivity index (χ2v) is 10.8. The third-order valence-electron chi connectivity index (χ3n) is 7.77. The van der Waals surface area contributed by atoms with Crippen LogP contribution in [0.15, 0.2) is 83.1 Å². The summed E-state index contributed by atoms with van der Waals surface area (Å²) in [6.07, 6.45) is 10.9. The first kappa shape index (κ1) is 25.4. The monoisotopic (exact) mass is 568 g/mol. The topological polar surface area (TPSA) is 38.7 Å². The van der Waals surface area contributed by atoms with Crippen LogP contribution in [0.25, 0.3) is 0 Å². The van der Waals surface area contributed by atoms with E-state index < -0.39 is 6.10 Å². The average molecular weight is 570 g/mol. The van der Waals surface area contributed by atoms with Gasteiger partial charge in [0.15, 0.2) is 0 Å². The number of ether oxygens (including phenoxy) is 2. The van der Waals surface area contributed by atoms with Crippen molar-refractivity contribution in [3.63, 3.8) is 0 Å². The molecule has 3 saturated heterocycles. The molecule has 5 atom stereocenters. The number of nitrogens with zero attached hydrogens (tertiary/aromatic N) is 1. The van der Waals surface area contributed by atoms with Crippen LogP contribution < -0.4 is 4.74 Å². The number of aliphatic hydroxyl groups excluding tert-OH is 1. The van der Waals surface area contributed by atoms with Gasteiger partial charge in [0.25, 0.3) is 0 Å². The fourth-order valence-corrected chi connectivity index (χ4v) is 6.62. The van der Waals surface area contributed by atoms with Crippen molar-refractivity contribution in [2.75, 3.05) is 27.3 Å². The molecular formula is C28H33BrNNiO3+. The summed E-state index contributed by atoms with van der Waals surface area (Å²) in [4.78, 5) is 0. The summed E-state index contributed by atoms with van der Waals surface area (Å²) in [5.74, 6) is 2.55. The molecule has 184 valence electrons. The summed E-state index contributed by atoms with van der Waals surface area (Å²) < 4.78 is 13.5. The van der Waals surface area contributed by atoms with Gasteiger partial charge in [-0.25, -0.2) is 0 Å². The predicted molar refractivity (Wildman–Crippen MR) is 137 cm³/mol. The van der Waals surface area contributed by atoms with Gasteiger partial charge in [-0.2, -0.15) is 0 Å². The van der Waals surface area contributed by atoms with Crippen LogP contribution >= 0.6 is 15.9 Å². The maximum absolute atomic E-state index is 11.9. The molecule has 3 aliphatic heterocycles. The number of hydrogen-bond donors (Lipinski definition) is 1. The maximum atomic E-state index is 11.9. The van der Waals surface area contributed by atoms with Crippen LogP contribution in [0.5, 0.6) is 5.75 Å². The molecule has 4 nitrogen and oxygen atoms in total. The van der Waals surface area contributed by atoms with Crippen molar-refractivity contribution < 1.29 is 34.1 Å². The van der Waals surface area contributed by atoms with Crippen LogP contribution in [0.2, 0.25) is 0 Å². The second-order valence-electron chi connectivity index (χ2n) is 9.41. The number of allylic oxidation sites excluding steroid dienone is 4. The molecule has 3 heterocycles. The van der Waals surface area contributed by atoms with Crippen LogP contribution in [0.4, 0.5) is 0 Å². The standard InChI is InChI=1S/C28H33BrNO3.Ni/c1-5-19-17-30(18-22-15-24(33-4)10-11-26(22)29)13-12-20(19)16-27(30)28(31)25(6-2)21-8-7-9-23(14-21)32-3;/h5-7,9-11,14-15,19-20,27-28,31H,1-2,12-13,16-18H2,3-4H3;/q+1;/b25-21-;/t19?,20?,27-,28-,30?;/m0./s1. The Morgan fingerprint density at radius 3 is 2.76 bits per heavy atom. The molecule has 4 aliphatic rings. The Morgan fingerprint density at radius 2 is 2.09 bits per heavy atom. The summed E-state index contributed by atoms with van der Waals surface area (Å²) in [5, 5.41) is 11.9. The Balaban J connectivity index is 1.76. The van der Waals surface area contributed by atoms with E-state index in [1.807, 2.05) is 30.4 Å². The number of fused-ring (bicyclic) bond motifs is 3. The van der Waals surface area contributed by atoms with Gasteiger partial charge in [0.05, 0.1) is 0 Å². The third kappa shape index (κ3) is 4.71. The number of halogens is 1. The van der Waals surface area contributed by atoms with E-state index in [0.717, 1.165) is 68.6 Å². The quantitative estimate of drug-likeness (QED) is 0.271. The van der Waals surface area contributed by atoms with E-state index in [1.54, 1.807) is 20.3 Å². The zero-order chi connectivity index (χ0) is 24.5. The predicted octanol–water partition coefficient (Wildman–Crippen LogP) is 5.03. The van der Waals surface area contributed by atoms with E-state index in [4.69, 9.17) is 24.5 Å². The summed E-state index contributed by atoms with van der Waals surface area (Å²) in [6.45, 7) is 11.0. The Kier molecular flexibility index (Phi) is 7.83. The van der Waals surface area contributed by atoms with E-state index in [2.05, 4.69) is 41.2 Å². The number of hydrogen-bond acceptors (Lipinski definition) is 3. The first-order valence-corrected chi connectivity index (χ1v) is 12.9. The van der Waals surface area contributed by atoms with Crippen molar-refractivity contribution >= 4 is 20.4 Å². The number of quaternary nitrogens is 1. The van der Waals surface area contributed by atoms with Gasteiger partial charge in [-0.15, -0.1) is 0 Å². The molecule has 34 heavy (non-hydrogen) atoms. The van der Waals surface area contributed by atoms with E-state index in [9.17, 15) is 5.11 Å². The van der Waals surface area contributed by atoms with Crippen LogP contribution in [0.1, 0.15) is 18.4 Å². The van der Waals surface area contributed by atoms with Crippen molar-refractivity contribution in [1.82, 2.24) is 0 Å². The number of benzene rings is 1. The van der Waals surface area contributed by atoms with E-state index >= 15 is 0 Å². The molecule has 0 amide bonds. The molecule has 1 N–H and O–H groups in total. The Hall–Kier alpha value is -1.72. The zero-order valence-electron chi connectivity index (χ0n) is 19.8. The SMILES string of the molecule is C=C/C(=C1/C=C(OC)C=C[C]1=[Ni])[C@H](O)[C@@H]1CC2CC[N+]1(Cc1cc(OC)ccc1Br)CC2C=C. The summed E-state index contributed by atoms with van der Waals surface area (Å²) in [7, 11) is 3.34. The molecule has 0 spiro atoms. The van der Waals surface area contributed by atoms with Gasteiger partial charge in [0, 0.05) is 0 Å².